The van der Waals surface area contributed by atoms with E-state index >= 15 is 0 Å². The molecule has 3 N–H and O–H groups in total. The van der Waals surface area contributed by atoms with Crippen molar-refractivity contribution in [3.05, 3.63) is 118 Å². The molecule has 0 fully saturated rings. The molecule has 1 heterocycles. The van der Waals surface area contributed by atoms with Crippen LogP contribution in [0.5, 0.6) is 5.75 Å². The van der Waals surface area contributed by atoms with Gasteiger partial charge in [-0.15, -0.1) is 0 Å². The van der Waals surface area contributed by atoms with Crippen molar-refractivity contribution >= 4 is 17.7 Å². The number of hydrogen-bond donors (Lipinski definition) is 3. The number of rotatable bonds is 7. The maximum absolute atomic E-state index is 10.8. The minimum Gasteiger partial charge on any atom is -0.482 e. The molecule has 6 nitrogen and oxygen atoms in total. The van der Waals surface area contributed by atoms with Crippen LogP contribution in [0.2, 0.25) is 0 Å². The van der Waals surface area contributed by atoms with Crippen LogP contribution in [0.25, 0.3) is 0 Å². The van der Waals surface area contributed by atoms with Crippen LogP contribution in [0.1, 0.15) is 39.2 Å². The van der Waals surface area contributed by atoms with Gasteiger partial charge >= 0.3 is 5.97 Å². The topological polar surface area (TPSA) is 99.9 Å². The van der Waals surface area contributed by atoms with E-state index in [1.807, 2.05) is 79.7 Å². The second-order valence-corrected chi connectivity index (χ2v) is 9.64. The molecule has 39 heavy (non-hydrogen) atoms. The van der Waals surface area contributed by atoms with Crippen molar-refractivity contribution in [2.75, 3.05) is 6.61 Å². The molecule has 194 valence electrons. The predicted octanol–water partition coefficient (Wildman–Crippen LogP) is 4.79. The summed E-state index contributed by atoms with van der Waals surface area (Å²) in [5.74, 6) is 12.0. The first-order chi connectivity index (χ1) is 18.9. The molecule has 1 aromatic heterocycles. The van der Waals surface area contributed by atoms with E-state index in [0.29, 0.717) is 17.1 Å². The van der Waals surface area contributed by atoms with Crippen molar-refractivity contribution in [2.45, 2.75) is 29.9 Å². The van der Waals surface area contributed by atoms with Crippen molar-refractivity contribution in [3.63, 3.8) is 0 Å². The van der Waals surface area contributed by atoms with E-state index in [4.69, 9.17) is 9.84 Å². The minimum absolute atomic E-state index is 0.0224. The molecule has 0 unspecified atom stereocenters. The van der Waals surface area contributed by atoms with Gasteiger partial charge in [-0.3, -0.25) is 0 Å². The Morgan fingerprint density at radius 2 is 1.31 bits per heavy atom. The van der Waals surface area contributed by atoms with Crippen LogP contribution in [-0.2, 0) is 18.0 Å². The number of ether oxygens (including phenoxy) is 1. The lowest BCUT2D eigenvalue weighted by molar-refractivity contribution is -0.139. The third kappa shape index (κ3) is 8.23. The number of pyridine rings is 1. The van der Waals surface area contributed by atoms with E-state index in [-0.39, 0.29) is 13.2 Å². The summed E-state index contributed by atoms with van der Waals surface area (Å²) >= 11 is 1.51. The minimum atomic E-state index is -1.03. The first kappa shape index (κ1) is 27.5. The van der Waals surface area contributed by atoms with Crippen LogP contribution in [0, 0.1) is 30.6 Å². The molecule has 0 radical (unpaired) electrons. The third-order valence-electron chi connectivity index (χ3n) is 5.47. The number of aromatic nitrogens is 1. The number of aliphatic hydroxyl groups excluding tert-OH is 2. The van der Waals surface area contributed by atoms with E-state index < -0.39 is 12.6 Å². The van der Waals surface area contributed by atoms with Gasteiger partial charge in [0.1, 0.15) is 17.1 Å². The summed E-state index contributed by atoms with van der Waals surface area (Å²) < 4.78 is 5.34. The zero-order valence-electron chi connectivity index (χ0n) is 21.1. The highest BCUT2D eigenvalue weighted by atomic mass is 32.2. The van der Waals surface area contributed by atoms with Crippen molar-refractivity contribution in [1.29, 1.82) is 0 Å². The highest BCUT2D eigenvalue weighted by molar-refractivity contribution is 7.99. The Balaban J connectivity index is 1.64. The van der Waals surface area contributed by atoms with E-state index in [9.17, 15) is 15.0 Å². The Labute approximate surface area is 231 Å². The van der Waals surface area contributed by atoms with E-state index in [2.05, 4.69) is 28.7 Å². The number of aliphatic hydroxyl groups is 2. The summed E-state index contributed by atoms with van der Waals surface area (Å²) in [6.45, 7) is 1.43. The summed E-state index contributed by atoms with van der Waals surface area (Å²) in [6, 6.07) is 24.1. The average Bonchev–Trinajstić information content (AvgIpc) is 2.95. The molecule has 0 amide bonds. The van der Waals surface area contributed by atoms with Crippen LogP contribution < -0.4 is 4.74 Å². The van der Waals surface area contributed by atoms with Crippen molar-refractivity contribution in [1.82, 2.24) is 4.98 Å². The Morgan fingerprint density at radius 1 is 0.769 bits per heavy atom. The molecule has 4 rings (SSSR count). The molecule has 0 aliphatic carbocycles. The van der Waals surface area contributed by atoms with Gasteiger partial charge in [-0.05, 0) is 90.1 Å². The second kappa shape index (κ2) is 13.3. The fraction of sp³-hybridized carbons (Fsp3) is 0.125. The SMILES string of the molecule is Cc1cc(Sc2cc(C#Cc3ccc(CO)cc3)nc(C#Cc3ccc(CO)cc3)c2)ccc1OCC(=O)O. The summed E-state index contributed by atoms with van der Waals surface area (Å²) in [4.78, 5) is 17.3. The van der Waals surface area contributed by atoms with Crippen molar-refractivity contribution in [3.8, 4) is 29.4 Å². The Bertz CT molecular complexity index is 1510. The molecule has 0 saturated heterocycles. The highest BCUT2D eigenvalue weighted by Crippen LogP contribution is 2.32. The van der Waals surface area contributed by atoms with Crippen molar-refractivity contribution < 1.29 is 24.9 Å². The van der Waals surface area contributed by atoms with Crippen molar-refractivity contribution in [2.24, 2.45) is 0 Å². The van der Waals surface area contributed by atoms with Crippen LogP contribution in [0.3, 0.4) is 0 Å². The van der Waals surface area contributed by atoms with Gasteiger partial charge < -0.3 is 20.1 Å². The average molecular weight is 536 g/mol. The van der Waals surface area contributed by atoms with Gasteiger partial charge in [0.05, 0.1) is 13.2 Å². The Kier molecular flexibility index (Phi) is 9.39. The Hall–Kier alpha value is -4.53. The monoisotopic (exact) mass is 535 g/mol. The van der Waals surface area contributed by atoms with Gasteiger partial charge in [0.25, 0.3) is 0 Å². The predicted molar refractivity (Wildman–Crippen MR) is 149 cm³/mol. The van der Waals surface area contributed by atoms with E-state index in [1.165, 1.54) is 11.8 Å². The molecule has 3 aromatic carbocycles. The third-order valence-corrected chi connectivity index (χ3v) is 6.44. The molecular formula is C32H25NO5S. The fourth-order valence-electron chi connectivity index (χ4n) is 3.47. The molecule has 0 aliphatic heterocycles. The van der Waals surface area contributed by atoms with E-state index in [0.717, 1.165) is 37.6 Å². The summed E-state index contributed by atoms with van der Waals surface area (Å²) in [5.41, 5.74) is 5.18. The first-order valence-corrected chi connectivity index (χ1v) is 12.8. The number of hydrogen-bond acceptors (Lipinski definition) is 6. The number of carboxylic acids is 1. The van der Waals surface area contributed by atoms with Gasteiger partial charge in [0.15, 0.2) is 6.61 Å². The largest absolute Gasteiger partial charge is 0.482 e. The maximum Gasteiger partial charge on any atom is 0.341 e. The standard InChI is InChI=1S/C32H25NO5S/c1-22-16-29(14-15-31(22)38-21-32(36)37)39-30-17-27(12-10-23-2-6-25(19-34)7-3-23)33-28(18-30)13-11-24-4-8-26(20-35)9-5-24/h2-9,14-18,34-35H,19-21H2,1H3,(H,36,37). The summed E-state index contributed by atoms with van der Waals surface area (Å²) in [6.07, 6.45) is 0. The van der Waals surface area contributed by atoms with Gasteiger partial charge in [-0.25, -0.2) is 9.78 Å². The molecule has 0 spiro atoms. The zero-order valence-corrected chi connectivity index (χ0v) is 22.0. The van der Waals surface area contributed by atoms with Crippen LogP contribution in [-0.4, -0.2) is 32.9 Å². The zero-order chi connectivity index (χ0) is 27.6. The lowest BCUT2D eigenvalue weighted by atomic mass is 10.1. The lowest BCUT2D eigenvalue weighted by Crippen LogP contribution is -2.09. The molecule has 0 atom stereocenters. The number of benzene rings is 3. The molecule has 0 aliphatic rings. The number of carboxylic acid groups (broad SMARTS) is 1. The molecule has 7 heteroatoms. The van der Waals surface area contributed by atoms with Gasteiger partial charge in [0.2, 0.25) is 0 Å². The van der Waals surface area contributed by atoms with Crippen LogP contribution in [0.4, 0.5) is 0 Å². The van der Waals surface area contributed by atoms with Crippen LogP contribution >= 0.6 is 11.8 Å². The van der Waals surface area contributed by atoms with Crippen LogP contribution in [0.15, 0.2) is 88.7 Å². The summed E-state index contributed by atoms with van der Waals surface area (Å²) in [5, 5.41) is 27.4. The van der Waals surface area contributed by atoms with Gasteiger partial charge in [0, 0.05) is 20.9 Å². The quantitative estimate of drug-likeness (QED) is 0.293. The number of nitrogens with zero attached hydrogens (tertiary/aromatic N) is 1. The molecule has 0 saturated carbocycles. The lowest BCUT2D eigenvalue weighted by Gasteiger charge is -2.09. The summed E-state index contributed by atoms with van der Waals surface area (Å²) in [7, 11) is 0. The van der Waals surface area contributed by atoms with Gasteiger partial charge in [-0.1, -0.05) is 47.9 Å². The number of carbonyl (C=O) groups is 1. The molecule has 0 bridgehead atoms. The van der Waals surface area contributed by atoms with E-state index in [1.54, 1.807) is 6.07 Å². The first-order valence-electron chi connectivity index (χ1n) is 12.0. The number of aryl methyl sites for hydroxylation is 1. The maximum atomic E-state index is 10.8. The second-order valence-electron chi connectivity index (χ2n) is 8.50. The fourth-order valence-corrected chi connectivity index (χ4v) is 4.46. The Morgan fingerprint density at radius 3 is 1.77 bits per heavy atom. The smallest absolute Gasteiger partial charge is 0.341 e. The molecule has 4 aromatic rings. The molecular weight excluding hydrogens is 510 g/mol. The normalized spacial score (nSPS) is 10.1. The van der Waals surface area contributed by atoms with Gasteiger partial charge in [-0.2, -0.15) is 0 Å². The number of aliphatic carboxylic acids is 1. The highest BCUT2D eigenvalue weighted by Gasteiger charge is 2.07.